The molecule has 7 heteroatoms. The first kappa shape index (κ1) is 26.5. The third-order valence-corrected chi connectivity index (χ3v) is 5.35. The van der Waals surface area contributed by atoms with Crippen LogP contribution in [0.4, 0.5) is 5.69 Å². The maximum absolute atomic E-state index is 6.04. The van der Waals surface area contributed by atoms with Crippen molar-refractivity contribution in [1.29, 1.82) is 0 Å². The summed E-state index contributed by atoms with van der Waals surface area (Å²) in [5.41, 5.74) is 2.35. The van der Waals surface area contributed by atoms with Gasteiger partial charge in [-0.05, 0) is 30.2 Å². The molecule has 0 aliphatic carbocycles. The van der Waals surface area contributed by atoms with Gasteiger partial charge in [-0.25, -0.2) is 0 Å². The second kappa shape index (κ2) is 13.7. The molecule has 3 rings (SSSR count). The molecule has 1 unspecified atom stereocenters. The van der Waals surface area contributed by atoms with E-state index in [1.807, 2.05) is 36.4 Å². The van der Waals surface area contributed by atoms with Crippen molar-refractivity contribution in [2.45, 2.75) is 11.7 Å². The number of ether oxygens (including phenoxy) is 2. The fourth-order valence-corrected chi connectivity index (χ4v) is 3.87. The SMILES string of the molecule is C=CCc1ccccc1OCC(S)CN1CCN(c2ccccc2OC)CC1.Cl.Cl. The van der Waals surface area contributed by atoms with E-state index >= 15 is 0 Å². The van der Waals surface area contributed by atoms with Gasteiger partial charge in [0.1, 0.15) is 18.1 Å². The Labute approximate surface area is 198 Å². The average molecular weight is 471 g/mol. The van der Waals surface area contributed by atoms with Crippen LogP contribution in [0.5, 0.6) is 11.5 Å². The van der Waals surface area contributed by atoms with Crippen LogP contribution >= 0.6 is 37.4 Å². The number of thiol groups is 1. The minimum Gasteiger partial charge on any atom is -0.495 e. The highest BCUT2D eigenvalue weighted by Gasteiger charge is 2.21. The molecule has 1 saturated heterocycles. The van der Waals surface area contributed by atoms with Crippen LogP contribution < -0.4 is 14.4 Å². The molecule has 1 aliphatic heterocycles. The lowest BCUT2D eigenvalue weighted by atomic mass is 10.1. The summed E-state index contributed by atoms with van der Waals surface area (Å²) < 4.78 is 11.5. The Morgan fingerprint density at radius 3 is 2.30 bits per heavy atom. The molecular weight excluding hydrogens is 439 g/mol. The Morgan fingerprint density at radius 2 is 1.63 bits per heavy atom. The monoisotopic (exact) mass is 470 g/mol. The molecule has 2 aromatic carbocycles. The van der Waals surface area contributed by atoms with Gasteiger partial charge in [0.05, 0.1) is 12.8 Å². The molecule has 4 nitrogen and oxygen atoms in total. The van der Waals surface area contributed by atoms with Crippen molar-refractivity contribution in [3.63, 3.8) is 0 Å². The van der Waals surface area contributed by atoms with E-state index in [4.69, 9.17) is 22.1 Å². The van der Waals surface area contributed by atoms with Crippen LogP contribution in [0.1, 0.15) is 5.56 Å². The number of allylic oxidation sites excluding steroid dienone is 1. The van der Waals surface area contributed by atoms with Crippen LogP contribution in [0.2, 0.25) is 0 Å². The molecule has 0 bridgehead atoms. The molecular formula is C23H32Cl2N2O2S. The lowest BCUT2D eigenvalue weighted by Crippen LogP contribution is -2.48. The van der Waals surface area contributed by atoms with Gasteiger partial charge in [0.2, 0.25) is 0 Å². The number of hydrogen-bond donors (Lipinski definition) is 1. The number of para-hydroxylation sites is 3. The van der Waals surface area contributed by atoms with Gasteiger partial charge in [0.15, 0.2) is 0 Å². The molecule has 0 aromatic heterocycles. The van der Waals surface area contributed by atoms with Crippen molar-refractivity contribution in [1.82, 2.24) is 4.90 Å². The maximum atomic E-state index is 6.04. The van der Waals surface area contributed by atoms with Gasteiger partial charge in [-0.1, -0.05) is 36.4 Å². The lowest BCUT2D eigenvalue weighted by Gasteiger charge is -2.37. The molecule has 0 spiro atoms. The van der Waals surface area contributed by atoms with Gasteiger partial charge in [-0.15, -0.1) is 31.4 Å². The number of anilines is 1. The standard InChI is InChI=1S/C23H30N2O2S.2ClH/c1-3-8-19-9-4-6-11-22(19)27-18-20(28)17-24-13-15-25(16-14-24)21-10-5-7-12-23(21)26-2;;/h3-7,9-12,20,28H,1,8,13-18H2,2H3;2*1H. The number of rotatable bonds is 9. The highest BCUT2D eigenvalue weighted by molar-refractivity contribution is 7.81. The zero-order chi connectivity index (χ0) is 19.8. The molecule has 1 heterocycles. The van der Waals surface area contributed by atoms with E-state index < -0.39 is 0 Å². The topological polar surface area (TPSA) is 24.9 Å². The summed E-state index contributed by atoms with van der Waals surface area (Å²) in [6.45, 7) is 9.36. The fraction of sp³-hybridized carbons (Fsp3) is 0.391. The summed E-state index contributed by atoms with van der Waals surface area (Å²) in [4.78, 5) is 4.85. The summed E-state index contributed by atoms with van der Waals surface area (Å²) in [5.74, 6) is 1.87. The highest BCUT2D eigenvalue weighted by Crippen LogP contribution is 2.28. The van der Waals surface area contributed by atoms with Gasteiger partial charge in [0, 0.05) is 38.0 Å². The summed E-state index contributed by atoms with van der Waals surface area (Å²) in [5, 5.41) is 0.176. The van der Waals surface area contributed by atoms with Gasteiger partial charge in [-0.2, -0.15) is 12.6 Å². The number of methoxy groups -OCH3 is 1. The molecule has 0 N–H and O–H groups in total. The summed E-state index contributed by atoms with van der Waals surface area (Å²) in [6, 6.07) is 16.4. The van der Waals surface area contributed by atoms with E-state index in [1.165, 1.54) is 11.3 Å². The van der Waals surface area contributed by atoms with Crippen LogP contribution in [-0.4, -0.2) is 56.6 Å². The molecule has 0 saturated carbocycles. The molecule has 1 aliphatic rings. The maximum Gasteiger partial charge on any atom is 0.142 e. The van der Waals surface area contributed by atoms with Crippen molar-refractivity contribution in [2.24, 2.45) is 0 Å². The Balaban J connectivity index is 0.00000225. The van der Waals surface area contributed by atoms with Crippen molar-refractivity contribution in [2.75, 3.05) is 51.3 Å². The van der Waals surface area contributed by atoms with Crippen LogP contribution in [0.15, 0.2) is 61.2 Å². The summed E-state index contributed by atoms with van der Waals surface area (Å²) >= 11 is 4.76. The van der Waals surface area contributed by atoms with Crippen LogP contribution in [0, 0.1) is 0 Å². The van der Waals surface area contributed by atoms with Crippen molar-refractivity contribution < 1.29 is 9.47 Å². The highest BCUT2D eigenvalue weighted by atomic mass is 35.5. The molecule has 2 aromatic rings. The largest absolute Gasteiger partial charge is 0.495 e. The van der Waals surface area contributed by atoms with Gasteiger partial charge in [0.25, 0.3) is 0 Å². The van der Waals surface area contributed by atoms with E-state index in [-0.39, 0.29) is 30.1 Å². The Bertz CT molecular complexity index is 770. The minimum absolute atomic E-state index is 0. The number of piperazine rings is 1. The predicted octanol–water partition coefficient (Wildman–Crippen LogP) is 4.77. The predicted molar refractivity (Wildman–Crippen MR) is 135 cm³/mol. The fourth-order valence-electron chi connectivity index (χ4n) is 3.57. The normalized spacial score (nSPS) is 14.8. The van der Waals surface area contributed by atoms with Gasteiger partial charge < -0.3 is 14.4 Å². The molecule has 0 amide bonds. The Kier molecular flexibility index (Phi) is 12.1. The van der Waals surface area contributed by atoms with E-state index in [2.05, 4.69) is 34.6 Å². The number of benzene rings is 2. The number of nitrogens with zero attached hydrogens (tertiary/aromatic N) is 2. The Hall–Kier alpha value is -1.53. The quantitative estimate of drug-likeness (QED) is 0.421. The molecule has 1 fully saturated rings. The van der Waals surface area contributed by atoms with E-state index in [9.17, 15) is 0 Å². The zero-order valence-corrected chi connectivity index (χ0v) is 19.9. The second-order valence-electron chi connectivity index (χ2n) is 7.02. The van der Waals surface area contributed by atoms with E-state index in [1.54, 1.807) is 7.11 Å². The molecule has 30 heavy (non-hydrogen) atoms. The molecule has 0 radical (unpaired) electrons. The van der Waals surface area contributed by atoms with Crippen LogP contribution in [-0.2, 0) is 6.42 Å². The number of hydrogen-bond acceptors (Lipinski definition) is 5. The zero-order valence-electron chi connectivity index (χ0n) is 17.4. The first-order valence-corrected chi connectivity index (χ1v) is 10.3. The molecule has 166 valence electrons. The van der Waals surface area contributed by atoms with Crippen molar-refractivity contribution >= 4 is 43.1 Å². The van der Waals surface area contributed by atoms with E-state index in [0.29, 0.717) is 6.61 Å². The molecule has 1 atom stereocenters. The van der Waals surface area contributed by atoms with E-state index in [0.717, 1.165) is 50.6 Å². The third kappa shape index (κ3) is 7.31. The Morgan fingerprint density at radius 1 is 1.00 bits per heavy atom. The smallest absolute Gasteiger partial charge is 0.142 e. The number of halogens is 2. The summed E-state index contributed by atoms with van der Waals surface area (Å²) in [6.07, 6.45) is 2.72. The average Bonchev–Trinajstić information content (AvgIpc) is 2.74. The minimum atomic E-state index is 0. The van der Waals surface area contributed by atoms with Crippen LogP contribution in [0.25, 0.3) is 0 Å². The first-order valence-electron chi connectivity index (χ1n) is 9.81. The summed E-state index contributed by atoms with van der Waals surface area (Å²) in [7, 11) is 1.73. The van der Waals surface area contributed by atoms with Crippen molar-refractivity contribution in [3.05, 3.63) is 66.7 Å². The first-order chi connectivity index (χ1) is 13.7. The lowest BCUT2D eigenvalue weighted by molar-refractivity contribution is 0.229. The third-order valence-electron chi connectivity index (χ3n) is 5.04. The van der Waals surface area contributed by atoms with Crippen LogP contribution in [0.3, 0.4) is 0 Å². The second-order valence-corrected chi connectivity index (χ2v) is 7.76. The van der Waals surface area contributed by atoms with Gasteiger partial charge in [-0.3, -0.25) is 4.90 Å². The van der Waals surface area contributed by atoms with Crippen molar-refractivity contribution in [3.8, 4) is 11.5 Å². The van der Waals surface area contributed by atoms with Gasteiger partial charge >= 0.3 is 0 Å².